The molecule has 1 unspecified atom stereocenters. The van der Waals surface area contributed by atoms with Gasteiger partial charge < -0.3 is 9.80 Å². The molecule has 0 saturated carbocycles. The Bertz CT molecular complexity index is 825. The number of benzene rings is 1. The summed E-state index contributed by atoms with van der Waals surface area (Å²) in [5, 5.41) is 2.04. The number of carbonyl (C=O) groups is 2. The van der Waals surface area contributed by atoms with Gasteiger partial charge in [0.2, 0.25) is 11.8 Å². The molecule has 1 aliphatic rings. The Kier molecular flexibility index (Phi) is 5.04. The molecule has 2 amide bonds. The molecule has 5 heteroatoms. The Morgan fingerprint density at radius 1 is 1.24 bits per heavy atom. The average molecular weight is 354 g/mol. The van der Waals surface area contributed by atoms with Crippen molar-refractivity contribution in [2.45, 2.75) is 32.9 Å². The number of carbonyl (C=O) groups excluding carboxylic acids is 2. The topological polar surface area (TPSA) is 40.6 Å². The summed E-state index contributed by atoms with van der Waals surface area (Å²) in [6.07, 6.45) is 3.99. The van der Waals surface area contributed by atoms with Crippen molar-refractivity contribution in [1.29, 1.82) is 0 Å². The van der Waals surface area contributed by atoms with Crippen LogP contribution in [0.4, 0.5) is 0 Å². The summed E-state index contributed by atoms with van der Waals surface area (Å²) in [6.45, 7) is 4.20. The van der Waals surface area contributed by atoms with Crippen molar-refractivity contribution >= 4 is 29.2 Å². The zero-order chi connectivity index (χ0) is 18.0. The van der Waals surface area contributed by atoms with E-state index in [1.54, 1.807) is 27.3 Å². The van der Waals surface area contributed by atoms with Crippen molar-refractivity contribution < 1.29 is 9.59 Å². The number of amides is 2. The van der Waals surface area contributed by atoms with Crippen molar-refractivity contribution in [2.24, 2.45) is 0 Å². The van der Waals surface area contributed by atoms with Crippen molar-refractivity contribution in [3.05, 3.63) is 63.5 Å². The van der Waals surface area contributed by atoms with Gasteiger partial charge in [-0.2, -0.15) is 0 Å². The summed E-state index contributed by atoms with van der Waals surface area (Å²) in [5.74, 6) is -0.0190. The number of hydrogen-bond acceptors (Lipinski definition) is 3. The molecule has 0 aliphatic carbocycles. The van der Waals surface area contributed by atoms with Crippen LogP contribution < -0.4 is 0 Å². The Morgan fingerprint density at radius 2 is 2.00 bits per heavy atom. The molecule has 1 aromatic heterocycles. The third kappa shape index (κ3) is 3.66. The second-order valence-corrected chi connectivity index (χ2v) is 7.37. The Labute approximate surface area is 152 Å². The van der Waals surface area contributed by atoms with Gasteiger partial charge in [-0.15, -0.1) is 11.3 Å². The first-order valence-electron chi connectivity index (χ1n) is 8.30. The van der Waals surface area contributed by atoms with E-state index in [-0.39, 0.29) is 24.3 Å². The summed E-state index contributed by atoms with van der Waals surface area (Å²) in [4.78, 5) is 29.4. The van der Waals surface area contributed by atoms with Crippen LogP contribution in [-0.2, 0) is 16.1 Å². The maximum absolute atomic E-state index is 12.8. The molecule has 0 radical (unpaired) electrons. The molecule has 0 spiro atoms. The summed E-state index contributed by atoms with van der Waals surface area (Å²) < 4.78 is 0. The summed E-state index contributed by atoms with van der Waals surface area (Å²) in [5.41, 5.74) is 3.30. The zero-order valence-electron chi connectivity index (χ0n) is 14.7. The second-order valence-electron chi connectivity index (χ2n) is 6.37. The number of nitrogens with zero attached hydrogens (tertiary/aromatic N) is 2. The molecule has 130 valence electrons. The molecular weight excluding hydrogens is 332 g/mol. The number of rotatable bonds is 4. The van der Waals surface area contributed by atoms with Gasteiger partial charge in [-0.05, 0) is 41.1 Å². The summed E-state index contributed by atoms with van der Waals surface area (Å²) in [6, 6.07) is 9.75. The largest absolute Gasteiger partial charge is 0.341 e. The van der Waals surface area contributed by atoms with Gasteiger partial charge in [-0.3, -0.25) is 9.59 Å². The molecule has 2 heterocycles. The average Bonchev–Trinajstić information content (AvgIpc) is 2.99. The molecule has 4 nitrogen and oxygen atoms in total. The predicted octanol–water partition coefficient (Wildman–Crippen LogP) is 3.98. The number of thiophene rings is 1. The lowest BCUT2D eigenvalue weighted by atomic mass is 9.93. The van der Waals surface area contributed by atoms with Crippen LogP contribution in [0, 0.1) is 6.92 Å². The van der Waals surface area contributed by atoms with Crippen molar-refractivity contribution in [2.75, 3.05) is 7.05 Å². The highest BCUT2D eigenvalue weighted by Gasteiger charge is 2.29. The van der Waals surface area contributed by atoms with Gasteiger partial charge in [-0.25, -0.2) is 0 Å². The first kappa shape index (κ1) is 17.4. The standard InChI is InChI=1S/C20H22N2O2S/c1-14-9-11-25-19(14)13-21(3)20(24)12-18-17-7-5-4-6-16(17)8-10-22(18)15(2)23/h4-11,18H,12-13H2,1-3H3. The van der Waals surface area contributed by atoms with Gasteiger partial charge in [0.15, 0.2) is 0 Å². The molecule has 0 fully saturated rings. The third-order valence-corrected chi connectivity index (χ3v) is 5.62. The lowest BCUT2D eigenvalue weighted by molar-refractivity contribution is -0.134. The predicted molar refractivity (Wildman–Crippen MR) is 101 cm³/mol. The molecule has 1 aliphatic heterocycles. The highest BCUT2D eigenvalue weighted by atomic mass is 32.1. The van der Waals surface area contributed by atoms with Crippen LogP contribution in [0.1, 0.15) is 41.0 Å². The SMILES string of the molecule is CC(=O)N1C=Cc2ccccc2C1CC(=O)N(C)Cc1sccc1C. The van der Waals surface area contributed by atoms with Crippen LogP contribution in [-0.4, -0.2) is 28.7 Å². The van der Waals surface area contributed by atoms with E-state index in [1.165, 1.54) is 17.4 Å². The fourth-order valence-corrected chi connectivity index (χ4v) is 4.06. The van der Waals surface area contributed by atoms with Crippen molar-refractivity contribution in [3.8, 4) is 0 Å². The molecule has 3 rings (SSSR count). The van der Waals surface area contributed by atoms with E-state index in [0.29, 0.717) is 6.54 Å². The molecule has 0 N–H and O–H groups in total. The molecular formula is C20H22N2O2S. The maximum Gasteiger partial charge on any atom is 0.225 e. The minimum absolute atomic E-state index is 0.0363. The fraction of sp³-hybridized carbons (Fsp3) is 0.300. The van der Waals surface area contributed by atoms with Crippen molar-refractivity contribution in [3.63, 3.8) is 0 Å². The number of aryl methyl sites for hydroxylation is 1. The van der Waals surface area contributed by atoms with Crippen LogP contribution in [0.2, 0.25) is 0 Å². The van der Waals surface area contributed by atoms with E-state index >= 15 is 0 Å². The minimum Gasteiger partial charge on any atom is -0.341 e. The Morgan fingerprint density at radius 3 is 2.68 bits per heavy atom. The molecule has 2 aromatic rings. The van der Waals surface area contributed by atoms with Crippen LogP contribution in [0.25, 0.3) is 6.08 Å². The van der Waals surface area contributed by atoms with Gasteiger partial charge in [0.05, 0.1) is 19.0 Å². The Balaban J connectivity index is 1.79. The number of fused-ring (bicyclic) bond motifs is 1. The van der Waals surface area contributed by atoms with Crippen molar-refractivity contribution in [1.82, 2.24) is 9.80 Å². The van der Waals surface area contributed by atoms with Gasteiger partial charge in [0.25, 0.3) is 0 Å². The van der Waals surface area contributed by atoms with Gasteiger partial charge in [0.1, 0.15) is 0 Å². The van der Waals surface area contributed by atoms with Gasteiger partial charge in [-0.1, -0.05) is 24.3 Å². The minimum atomic E-state index is -0.252. The summed E-state index contributed by atoms with van der Waals surface area (Å²) >= 11 is 1.67. The van der Waals surface area contributed by atoms with E-state index in [4.69, 9.17) is 0 Å². The van der Waals surface area contributed by atoms with Crippen LogP contribution in [0.5, 0.6) is 0 Å². The summed E-state index contributed by atoms with van der Waals surface area (Å²) in [7, 11) is 1.82. The number of hydrogen-bond donors (Lipinski definition) is 0. The molecule has 0 bridgehead atoms. The first-order chi connectivity index (χ1) is 12.0. The highest BCUT2D eigenvalue weighted by Crippen LogP contribution is 2.33. The van der Waals surface area contributed by atoms with Gasteiger partial charge in [0, 0.05) is 25.0 Å². The molecule has 25 heavy (non-hydrogen) atoms. The van der Waals surface area contributed by atoms with Gasteiger partial charge >= 0.3 is 0 Å². The first-order valence-corrected chi connectivity index (χ1v) is 9.18. The quantitative estimate of drug-likeness (QED) is 0.833. The molecule has 0 saturated heterocycles. The van der Waals surface area contributed by atoms with E-state index in [2.05, 4.69) is 13.0 Å². The lowest BCUT2D eigenvalue weighted by Crippen LogP contribution is -2.35. The Hall–Kier alpha value is -2.40. The normalized spacial score (nSPS) is 15.8. The monoisotopic (exact) mass is 354 g/mol. The van der Waals surface area contributed by atoms with E-state index in [9.17, 15) is 9.59 Å². The zero-order valence-corrected chi connectivity index (χ0v) is 15.5. The van der Waals surface area contributed by atoms with Crippen LogP contribution in [0.3, 0.4) is 0 Å². The molecule has 1 aromatic carbocycles. The van der Waals surface area contributed by atoms with E-state index < -0.39 is 0 Å². The highest BCUT2D eigenvalue weighted by molar-refractivity contribution is 7.10. The van der Waals surface area contributed by atoms with E-state index in [1.807, 2.05) is 42.8 Å². The van der Waals surface area contributed by atoms with Crippen LogP contribution in [0.15, 0.2) is 41.9 Å². The lowest BCUT2D eigenvalue weighted by Gasteiger charge is -2.33. The third-order valence-electron chi connectivity index (χ3n) is 4.61. The fourth-order valence-electron chi connectivity index (χ4n) is 3.10. The smallest absolute Gasteiger partial charge is 0.225 e. The second kappa shape index (κ2) is 7.23. The van der Waals surface area contributed by atoms with Crippen LogP contribution >= 0.6 is 11.3 Å². The molecule has 1 atom stereocenters. The van der Waals surface area contributed by atoms with E-state index in [0.717, 1.165) is 11.1 Å². The maximum atomic E-state index is 12.8.